The van der Waals surface area contributed by atoms with E-state index in [0.717, 1.165) is 0 Å². The number of aliphatic hydroxyl groups is 1. The fraction of sp³-hybridized carbons (Fsp3) is 0.611. The molecule has 4 rings (SSSR count). The summed E-state index contributed by atoms with van der Waals surface area (Å²) in [5, 5.41) is 18.3. The van der Waals surface area contributed by atoms with Crippen LogP contribution in [0.1, 0.15) is 26.2 Å². The molecule has 0 saturated carbocycles. The average Bonchev–Trinajstić information content (AvgIpc) is 3.34. The zero-order valence-electron chi connectivity index (χ0n) is 15.4. The number of aliphatic hydroxyl groups excluding tert-OH is 1. The Labute approximate surface area is 157 Å². The Bertz CT molecular complexity index is 755. The number of ether oxygens (including phenoxy) is 1. The van der Waals surface area contributed by atoms with Crippen molar-refractivity contribution < 1.29 is 19.1 Å². The Morgan fingerprint density at radius 2 is 2.19 bits per heavy atom. The molecule has 2 aromatic heterocycles. The number of oxazole rings is 1. The van der Waals surface area contributed by atoms with Gasteiger partial charge in [-0.2, -0.15) is 5.10 Å². The van der Waals surface area contributed by atoms with E-state index in [-0.39, 0.29) is 12.5 Å². The van der Waals surface area contributed by atoms with E-state index < -0.39 is 17.2 Å². The minimum absolute atomic E-state index is 0.126. The number of aromatic nitrogens is 3. The van der Waals surface area contributed by atoms with Crippen molar-refractivity contribution in [2.24, 2.45) is 0 Å². The van der Waals surface area contributed by atoms with Gasteiger partial charge in [-0.15, -0.1) is 0 Å². The minimum Gasteiger partial charge on any atom is -0.432 e. The fourth-order valence-corrected chi connectivity index (χ4v) is 4.16. The number of hydrogen-bond donors (Lipinski definition) is 2. The fourth-order valence-electron chi connectivity index (χ4n) is 4.16. The van der Waals surface area contributed by atoms with Gasteiger partial charge >= 0.3 is 0 Å². The van der Waals surface area contributed by atoms with Crippen LogP contribution < -0.4 is 10.2 Å². The standard InChI is InChI=1S/C18H25N5O4/c1-17(21-14(24)13-23-8-2-6-20-23)5-11-27-18(15(17)25)3-9-22(10-4-18)16-19-7-12-26-16/h2,6-8,12,15,25H,3-5,9-11,13H2,1H3,(H,21,24)/t15-,17+/m1/s1. The summed E-state index contributed by atoms with van der Waals surface area (Å²) in [6, 6.07) is 2.36. The van der Waals surface area contributed by atoms with Crippen molar-refractivity contribution in [3.63, 3.8) is 0 Å². The highest BCUT2D eigenvalue weighted by Gasteiger charge is 2.54. The molecule has 0 aliphatic carbocycles. The van der Waals surface area contributed by atoms with Gasteiger partial charge in [-0.3, -0.25) is 9.48 Å². The number of piperidine rings is 1. The van der Waals surface area contributed by atoms with Crippen molar-refractivity contribution in [3.05, 3.63) is 30.9 Å². The molecule has 0 radical (unpaired) electrons. The van der Waals surface area contributed by atoms with Crippen LogP contribution in [0.25, 0.3) is 0 Å². The third kappa shape index (κ3) is 3.44. The molecule has 2 fully saturated rings. The van der Waals surface area contributed by atoms with Gasteiger partial charge in [0.05, 0.1) is 17.3 Å². The molecule has 2 aliphatic rings. The summed E-state index contributed by atoms with van der Waals surface area (Å²) in [6.45, 7) is 3.86. The zero-order chi connectivity index (χ0) is 18.9. The summed E-state index contributed by atoms with van der Waals surface area (Å²) in [5.41, 5.74) is -1.41. The van der Waals surface area contributed by atoms with Gasteiger partial charge in [0.25, 0.3) is 6.01 Å². The molecule has 4 heterocycles. The molecular weight excluding hydrogens is 350 g/mol. The van der Waals surface area contributed by atoms with Crippen LogP contribution >= 0.6 is 0 Å². The van der Waals surface area contributed by atoms with E-state index in [0.29, 0.717) is 45.0 Å². The van der Waals surface area contributed by atoms with Gasteiger partial charge < -0.3 is 24.5 Å². The first-order chi connectivity index (χ1) is 13.0. The number of nitrogens with zero attached hydrogens (tertiary/aromatic N) is 4. The summed E-state index contributed by atoms with van der Waals surface area (Å²) in [4.78, 5) is 18.7. The second kappa shape index (κ2) is 6.97. The number of rotatable bonds is 4. The van der Waals surface area contributed by atoms with E-state index in [1.165, 1.54) is 0 Å². The van der Waals surface area contributed by atoms with Crippen LogP contribution in [0.2, 0.25) is 0 Å². The molecule has 2 aromatic rings. The second-order valence-electron chi connectivity index (χ2n) is 7.54. The predicted molar refractivity (Wildman–Crippen MR) is 96.0 cm³/mol. The van der Waals surface area contributed by atoms with Gasteiger partial charge in [-0.25, -0.2) is 4.98 Å². The quantitative estimate of drug-likeness (QED) is 0.805. The average molecular weight is 375 g/mol. The SMILES string of the molecule is C[C@]1(NC(=O)Cn2cccn2)CCOC2(CCN(c3ncco3)CC2)[C@@H]1O. The third-order valence-corrected chi connectivity index (χ3v) is 5.70. The lowest BCUT2D eigenvalue weighted by Gasteiger charge is -2.53. The molecule has 9 nitrogen and oxygen atoms in total. The number of anilines is 1. The molecule has 2 aliphatic heterocycles. The molecule has 0 bridgehead atoms. The van der Waals surface area contributed by atoms with Gasteiger partial charge in [0, 0.05) is 32.1 Å². The zero-order valence-corrected chi connectivity index (χ0v) is 15.4. The van der Waals surface area contributed by atoms with Crippen LogP contribution in [0, 0.1) is 0 Å². The largest absolute Gasteiger partial charge is 0.432 e. The number of nitrogens with one attached hydrogen (secondary N) is 1. The highest BCUT2D eigenvalue weighted by Crippen LogP contribution is 2.40. The second-order valence-corrected chi connectivity index (χ2v) is 7.54. The molecule has 1 spiro atoms. The summed E-state index contributed by atoms with van der Waals surface area (Å²) < 4.78 is 13.0. The van der Waals surface area contributed by atoms with Crippen molar-refractivity contribution in [1.82, 2.24) is 20.1 Å². The monoisotopic (exact) mass is 375 g/mol. The maximum Gasteiger partial charge on any atom is 0.297 e. The topological polar surface area (TPSA) is 106 Å². The molecule has 0 unspecified atom stereocenters. The van der Waals surface area contributed by atoms with E-state index in [4.69, 9.17) is 9.15 Å². The molecule has 2 saturated heterocycles. The van der Waals surface area contributed by atoms with Crippen LogP contribution in [0.4, 0.5) is 6.01 Å². The van der Waals surface area contributed by atoms with E-state index in [1.807, 2.05) is 11.8 Å². The summed E-state index contributed by atoms with van der Waals surface area (Å²) in [5.74, 6) is -0.172. The number of carbonyl (C=O) groups is 1. The highest BCUT2D eigenvalue weighted by atomic mass is 16.5. The summed E-state index contributed by atoms with van der Waals surface area (Å²) in [7, 11) is 0. The summed E-state index contributed by atoms with van der Waals surface area (Å²) >= 11 is 0. The lowest BCUT2D eigenvalue weighted by atomic mass is 9.73. The molecule has 2 N–H and O–H groups in total. The molecule has 0 aromatic carbocycles. The molecule has 1 amide bonds. The van der Waals surface area contributed by atoms with Crippen molar-refractivity contribution in [3.8, 4) is 0 Å². The van der Waals surface area contributed by atoms with Crippen LogP contribution in [-0.4, -0.2) is 62.7 Å². The Kier molecular flexibility index (Phi) is 4.65. The summed E-state index contributed by atoms with van der Waals surface area (Å²) in [6.07, 6.45) is 7.59. The molecule has 2 atom stereocenters. The maximum absolute atomic E-state index is 12.5. The third-order valence-electron chi connectivity index (χ3n) is 5.70. The van der Waals surface area contributed by atoms with Crippen molar-refractivity contribution in [1.29, 1.82) is 0 Å². The molecular formula is C18H25N5O4. The first-order valence-electron chi connectivity index (χ1n) is 9.26. The van der Waals surface area contributed by atoms with Gasteiger partial charge in [0.1, 0.15) is 18.9 Å². The van der Waals surface area contributed by atoms with E-state index in [2.05, 4.69) is 15.4 Å². The Morgan fingerprint density at radius 3 is 2.85 bits per heavy atom. The Morgan fingerprint density at radius 1 is 1.37 bits per heavy atom. The first kappa shape index (κ1) is 18.0. The van der Waals surface area contributed by atoms with Crippen LogP contribution in [0.15, 0.2) is 35.3 Å². The molecule has 9 heteroatoms. The Hall–Kier alpha value is -2.39. The lowest BCUT2D eigenvalue weighted by molar-refractivity contribution is -0.198. The van der Waals surface area contributed by atoms with E-state index in [1.54, 1.807) is 35.6 Å². The van der Waals surface area contributed by atoms with Crippen LogP contribution in [0.3, 0.4) is 0 Å². The van der Waals surface area contributed by atoms with Crippen molar-refractivity contribution in [2.75, 3.05) is 24.6 Å². The first-order valence-corrected chi connectivity index (χ1v) is 9.26. The van der Waals surface area contributed by atoms with E-state index >= 15 is 0 Å². The van der Waals surface area contributed by atoms with Gasteiger partial charge in [0.2, 0.25) is 5.91 Å². The van der Waals surface area contributed by atoms with Gasteiger partial charge in [-0.05, 0) is 32.3 Å². The van der Waals surface area contributed by atoms with E-state index in [9.17, 15) is 9.90 Å². The van der Waals surface area contributed by atoms with Gasteiger partial charge in [-0.1, -0.05) is 0 Å². The number of carbonyl (C=O) groups excluding carboxylic acids is 1. The lowest BCUT2D eigenvalue weighted by Crippen LogP contribution is -2.69. The van der Waals surface area contributed by atoms with Crippen molar-refractivity contribution in [2.45, 2.75) is 50.0 Å². The number of hydrogen-bond acceptors (Lipinski definition) is 7. The number of amides is 1. The molecule has 146 valence electrons. The maximum atomic E-state index is 12.5. The van der Waals surface area contributed by atoms with Crippen LogP contribution in [-0.2, 0) is 16.1 Å². The van der Waals surface area contributed by atoms with Gasteiger partial charge in [0.15, 0.2) is 0 Å². The highest BCUT2D eigenvalue weighted by molar-refractivity contribution is 5.76. The molecule has 27 heavy (non-hydrogen) atoms. The minimum atomic E-state index is -0.799. The smallest absolute Gasteiger partial charge is 0.297 e. The van der Waals surface area contributed by atoms with Crippen molar-refractivity contribution >= 4 is 11.9 Å². The Balaban J connectivity index is 1.42. The van der Waals surface area contributed by atoms with Crippen LogP contribution in [0.5, 0.6) is 0 Å². The predicted octanol–water partition coefficient (Wildman–Crippen LogP) is 0.566. The normalized spacial score (nSPS) is 27.6.